The van der Waals surface area contributed by atoms with Crippen LogP contribution < -0.4 is 10.5 Å². The molecule has 0 spiro atoms. The van der Waals surface area contributed by atoms with Gasteiger partial charge in [0, 0.05) is 11.1 Å². The van der Waals surface area contributed by atoms with Crippen LogP contribution in [0, 0.1) is 0 Å². The monoisotopic (exact) mass is 394 g/mol. The zero-order chi connectivity index (χ0) is 19.3. The van der Waals surface area contributed by atoms with E-state index in [9.17, 15) is 22.8 Å². The zero-order valence-corrected chi connectivity index (χ0v) is 14.4. The van der Waals surface area contributed by atoms with Crippen molar-refractivity contribution in [1.29, 1.82) is 0 Å². The predicted octanol–water partition coefficient (Wildman–Crippen LogP) is 2.84. The van der Waals surface area contributed by atoms with Gasteiger partial charge in [-0.3, -0.25) is 4.79 Å². The molecule has 2 rings (SSSR count). The minimum Gasteiger partial charge on any atom is -0.484 e. The summed E-state index contributed by atoms with van der Waals surface area (Å²) in [6, 6.07) is 5.30. The predicted molar refractivity (Wildman–Crippen MR) is 86.2 cm³/mol. The van der Waals surface area contributed by atoms with E-state index in [2.05, 4.69) is 4.84 Å². The van der Waals surface area contributed by atoms with Gasteiger partial charge in [-0.05, 0) is 49.9 Å². The highest BCUT2D eigenvalue weighted by Crippen LogP contribution is 2.25. The van der Waals surface area contributed by atoms with E-state index < -0.39 is 30.7 Å². The van der Waals surface area contributed by atoms with Gasteiger partial charge >= 0.3 is 12.1 Å². The second-order valence-electron chi connectivity index (χ2n) is 5.91. The summed E-state index contributed by atoms with van der Waals surface area (Å²) in [4.78, 5) is 27.8. The third-order valence-corrected chi connectivity index (χ3v) is 4.16. The second-order valence-corrected chi connectivity index (χ2v) is 6.34. The van der Waals surface area contributed by atoms with E-state index in [1.165, 1.54) is 24.3 Å². The smallest absolute Gasteiger partial charge is 0.484 e. The molecule has 0 saturated heterocycles. The van der Waals surface area contributed by atoms with Crippen molar-refractivity contribution in [3.63, 3.8) is 0 Å². The normalized spacial score (nSPS) is 20.3. The standard InChI is InChI=1S/C16H18ClF3N2O4/c17-10-1-7-13(8-2-10)25-9-14(23)22(26-15(24)16(18,19)20)12-5-3-11(21)4-6-12/h1-2,7-8,11-12H,3-6,9,21H2/t11-,12-. The van der Waals surface area contributed by atoms with Crippen LogP contribution in [0.2, 0.25) is 5.02 Å². The van der Waals surface area contributed by atoms with Gasteiger partial charge in [0.1, 0.15) is 5.75 Å². The molecule has 1 aliphatic carbocycles. The molecule has 1 saturated carbocycles. The highest BCUT2D eigenvalue weighted by Gasteiger charge is 2.44. The second kappa shape index (κ2) is 8.59. The van der Waals surface area contributed by atoms with E-state index in [-0.39, 0.29) is 6.04 Å². The number of nitrogens with two attached hydrogens (primary N) is 1. The van der Waals surface area contributed by atoms with E-state index in [1.807, 2.05) is 0 Å². The minimum absolute atomic E-state index is 0.0909. The highest BCUT2D eigenvalue weighted by atomic mass is 35.5. The molecule has 10 heteroatoms. The Balaban J connectivity index is 2.04. The van der Waals surface area contributed by atoms with Gasteiger partial charge in [0.05, 0.1) is 6.04 Å². The highest BCUT2D eigenvalue weighted by molar-refractivity contribution is 6.30. The molecule has 26 heavy (non-hydrogen) atoms. The van der Waals surface area contributed by atoms with Crippen LogP contribution in [0.3, 0.4) is 0 Å². The number of nitrogens with zero attached hydrogens (tertiary/aromatic N) is 1. The fourth-order valence-corrected chi connectivity index (χ4v) is 2.67. The van der Waals surface area contributed by atoms with Crippen molar-refractivity contribution in [2.45, 2.75) is 43.9 Å². The quantitative estimate of drug-likeness (QED) is 0.794. The van der Waals surface area contributed by atoms with Gasteiger partial charge in [0.25, 0.3) is 5.91 Å². The van der Waals surface area contributed by atoms with Crippen LogP contribution in [-0.2, 0) is 14.4 Å². The van der Waals surface area contributed by atoms with Gasteiger partial charge in [0.2, 0.25) is 0 Å². The summed E-state index contributed by atoms with van der Waals surface area (Å²) in [6.07, 6.45) is -3.52. The van der Waals surface area contributed by atoms with Crippen molar-refractivity contribution in [3.05, 3.63) is 29.3 Å². The number of ether oxygens (including phenoxy) is 1. The lowest BCUT2D eigenvalue weighted by Crippen LogP contribution is -2.48. The summed E-state index contributed by atoms with van der Waals surface area (Å²) < 4.78 is 42.8. The van der Waals surface area contributed by atoms with Crippen molar-refractivity contribution < 1.29 is 32.3 Å². The van der Waals surface area contributed by atoms with Crippen molar-refractivity contribution in [1.82, 2.24) is 5.06 Å². The molecule has 1 aliphatic rings. The molecule has 0 unspecified atom stereocenters. The van der Waals surface area contributed by atoms with Crippen LogP contribution in [-0.4, -0.2) is 41.8 Å². The summed E-state index contributed by atoms with van der Waals surface area (Å²) in [5, 5.41) is 0.931. The number of amides is 1. The average Bonchev–Trinajstić information content (AvgIpc) is 2.59. The first-order chi connectivity index (χ1) is 12.2. The van der Waals surface area contributed by atoms with Crippen molar-refractivity contribution in [2.75, 3.05) is 6.61 Å². The molecular formula is C16H18ClF3N2O4. The lowest BCUT2D eigenvalue weighted by Gasteiger charge is -2.34. The number of carbonyl (C=O) groups excluding carboxylic acids is 2. The van der Waals surface area contributed by atoms with Gasteiger partial charge in [-0.1, -0.05) is 11.6 Å². The Bertz CT molecular complexity index is 631. The maximum absolute atomic E-state index is 12.5. The molecule has 6 nitrogen and oxygen atoms in total. The topological polar surface area (TPSA) is 81.9 Å². The van der Waals surface area contributed by atoms with E-state index in [0.717, 1.165) is 0 Å². The lowest BCUT2D eigenvalue weighted by atomic mass is 9.91. The summed E-state index contributed by atoms with van der Waals surface area (Å²) >= 11 is 5.73. The molecule has 0 aliphatic heterocycles. The molecule has 2 N–H and O–H groups in total. The van der Waals surface area contributed by atoms with Crippen LogP contribution in [0.25, 0.3) is 0 Å². The first-order valence-electron chi connectivity index (χ1n) is 7.92. The number of hydroxylamine groups is 2. The molecule has 1 aromatic carbocycles. The molecule has 0 aromatic heterocycles. The Labute approximate surface area is 152 Å². The van der Waals surface area contributed by atoms with Crippen LogP contribution in [0.4, 0.5) is 13.2 Å². The minimum atomic E-state index is -5.21. The summed E-state index contributed by atoms with van der Waals surface area (Å²) in [7, 11) is 0. The van der Waals surface area contributed by atoms with Crippen LogP contribution in [0.1, 0.15) is 25.7 Å². The van der Waals surface area contributed by atoms with Gasteiger partial charge in [0.15, 0.2) is 6.61 Å². The average molecular weight is 395 g/mol. The largest absolute Gasteiger partial charge is 0.493 e. The number of alkyl halides is 3. The molecule has 1 amide bonds. The molecule has 0 bridgehead atoms. The molecule has 0 atom stereocenters. The molecule has 0 radical (unpaired) electrons. The van der Waals surface area contributed by atoms with Crippen LogP contribution >= 0.6 is 11.6 Å². The fraction of sp³-hybridized carbons (Fsp3) is 0.500. The van der Waals surface area contributed by atoms with Crippen molar-refractivity contribution >= 4 is 23.5 Å². The van der Waals surface area contributed by atoms with Gasteiger partial charge in [-0.25, -0.2) is 4.79 Å². The van der Waals surface area contributed by atoms with E-state index in [1.54, 1.807) is 0 Å². The van der Waals surface area contributed by atoms with Crippen molar-refractivity contribution in [2.24, 2.45) is 5.73 Å². The Hall–Kier alpha value is -2.00. The molecular weight excluding hydrogens is 377 g/mol. The van der Waals surface area contributed by atoms with Crippen LogP contribution in [0.5, 0.6) is 5.75 Å². The maximum Gasteiger partial charge on any atom is 0.493 e. The maximum atomic E-state index is 12.5. The van der Waals surface area contributed by atoms with Gasteiger partial charge in [-0.15, -0.1) is 0 Å². The number of hydrogen-bond acceptors (Lipinski definition) is 5. The first kappa shape index (κ1) is 20.3. The molecule has 144 valence electrons. The Kier molecular flexibility index (Phi) is 6.71. The van der Waals surface area contributed by atoms with E-state index in [4.69, 9.17) is 22.1 Å². The molecule has 1 aromatic rings. The summed E-state index contributed by atoms with van der Waals surface area (Å²) in [5.74, 6) is -3.04. The van der Waals surface area contributed by atoms with E-state index >= 15 is 0 Å². The summed E-state index contributed by atoms with van der Waals surface area (Å²) in [6.45, 7) is -0.588. The SMILES string of the molecule is N[C@H]1CC[C@H](N(OC(=O)C(F)(F)F)C(=O)COc2ccc(Cl)cc2)CC1. The number of rotatable bonds is 4. The van der Waals surface area contributed by atoms with Crippen molar-refractivity contribution in [3.8, 4) is 5.75 Å². The summed E-state index contributed by atoms with van der Waals surface area (Å²) in [5.41, 5.74) is 5.76. The number of halogens is 4. The first-order valence-corrected chi connectivity index (χ1v) is 8.29. The Morgan fingerprint density at radius 3 is 2.27 bits per heavy atom. The Morgan fingerprint density at radius 2 is 1.73 bits per heavy atom. The van der Waals surface area contributed by atoms with Gasteiger partial charge in [-0.2, -0.15) is 18.2 Å². The Morgan fingerprint density at radius 1 is 1.15 bits per heavy atom. The third-order valence-electron chi connectivity index (χ3n) is 3.91. The third kappa shape index (κ3) is 5.77. The lowest BCUT2D eigenvalue weighted by molar-refractivity contribution is -0.245. The number of carbonyl (C=O) groups is 2. The van der Waals surface area contributed by atoms with E-state index in [0.29, 0.717) is 41.5 Å². The number of benzene rings is 1. The molecule has 0 heterocycles. The fourth-order valence-electron chi connectivity index (χ4n) is 2.55. The molecule has 1 fully saturated rings. The zero-order valence-electron chi connectivity index (χ0n) is 13.7. The number of hydrogen-bond donors (Lipinski definition) is 1. The van der Waals surface area contributed by atoms with Crippen LogP contribution in [0.15, 0.2) is 24.3 Å². The van der Waals surface area contributed by atoms with Gasteiger partial charge < -0.3 is 15.3 Å².